The van der Waals surface area contributed by atoms with Crippen molar-refractivity contribution in [1.82, 2.24) is 4.31 Å². The summed E-state index contributed by atoms with van der Waals surface area (Å²) in [4.78, 5) is 0.453. The van der Waals surface area contributed by atoms with E-state index in [1.165, 1.54) is 17.5 Å². The van der Waals surface area contributed by atoms with Gasteiger partial charge < -0.3 is 4.42 Å². The third-order valence-corrected chi connectivity index (χ3v) is 8.30. The fraction of sp³-hybridized carbons (Fsp3) is 0.474. The highest BCUT2D eigenvalue weighted by atomic mass is 32.2. The summed E-state index contributed by atoms with van der Waals surface area (Å²) < 4.78 is 33.4. The number of fused-ring (bicyclic) bond motifs is 1. The largest absolute Gasteiger partial charge is 0.468 e. The predicted octanol–water partition coefficient (Wildman–Crippen LogP) is 4.03. The fourth-order valence-corrected chi connectivity index (χ4v) is 6.51. The van der Waals surface area contributed by atoms with Crippen molar-refractivity contribution in [2.45, 2.75) is 42.2 Å². The molecule has 1 aliphatic heterocycles. The number of nitrogens with zero attached hydrogens (tertiary/aromatic N) is 1. The lowest BCUT2D eigenvalue weighted by atomic mass is 9.92. The molecule has 0 radical (unpaired) electrons. The minimum Gasteiger partial charge on any atom is -0.468 e. The molecule has 2 aromatic rings. The van der Waals surface area contributed by atoms with Gasteiger partial charge in [0.15, 0.2) is 0 Å². The molecule has 6 heteroatoms. The van der Waals surface area contributed by atoms with E-state index in [0.29, 0.717) is 18.0 Å². The summed E-state index contributed by atoms with van der Waals surface area (Å²) in [6, 6.07) is 9.58. The third-order valence-electron chi connectivity index (χ3n) is 5.12. The Morgan fingerprint density at radius 1 is 1.08 bits per heavy atom. The summed E-state index contributed by atoms with van der Waals surface area (Å²) in [7, 11) is -3.42. The molecule has 134 valence electrons. The lowest BCUT2D eigenvalue weighted by Gasteiger charge is -2.22. The van der Waals surface area contributed by atoms with E-state index in [1.807, 2.05) is 24.3 Å². The van der Waals surface area contributed by atoms with Gasteiger partial charge in [-0.3, -0.25) is 0 Å². The molecule has 0 unspecified atom stereocenters. The van der Waals surface area contributed by atoms with Crippen LogP contribution in [0.25, 0.3) is 0 Å². The second kappa shape index (κ2) is 7.17. The van der Waals surface area contributed by atoms with Crippen LogP contribution in [0.2, 0.25) is 0 Å². The summed E-state index contributed by atoms with van der Waals surface area (Å²) in [5.74, 6) is 1.73. The highest BCUT2D eigenvalue weighted by Gasteiger charge is 2.29. The maximum absolute atomic E-state index is 13.1. The Hall–Kier alpha value is -1.24. The van der Waals surface area contributed by atoms with Crippen molar-refractivity contribution in [2.75, 3.05) is 18.8 Å². The molecule has 4 rings (SSSR count). The van der Waals surface area contributed by atoms with Crippen LogP contribution in [0, 0.1) is 0 Å². The molecule has 1 aromatic carbocycles. The van der Waals surface area contributed by atoms with Gasteiger partial charge in [-0.05, 0) is 67.5 Å². The number of hydrogen-bond donors (Lipinski definition) is 0. The third kappa shape index (κ3) is 3.52. The van der Waals surface area contributed by atoms with E-state index >= 15 is 0 Å². The van der Waals surface area contributed by atoms with E-state index in [1.54, 1.807) is 28.4 Å². The molecule has 2 heterocycles. The van der Waals surface area contributed by atoms with Gasteiger partial charge in [0.2, 0.25) is 10.0 Å². The van der Waals surface area contributed by atoms with Crippen molar-refractivity contribution in [3.05, 3.63) is 53.5 Å². The second-order valence-electron chi connectivity index (χ2n) is 6.71. The molecular weight excluding hydrogens is 354 g/mol. The van der Waals surface area contributed by atoms with Gasteiger partial charge in [0.1, 0.15) is 5.76 Å². The molecule has 0 N–H and O–H groups in total. The first-order valence-corrected chi connectivity index (χ1v) is 11.4. The molecular formula is C19H23NO3S2. The Bertz CT molecular complexity index is 830. The normalized spacial score (nSPS) is 22.3. The van der Waals surface area contributed by atoms with Gasteiger partial charge in [0.25, 0.3) is 0 Å². The van der Waals surface area contributed by atoms with Crippen molar-refractivity contribution >= 4 is 21.8 Å². The number of aryl methyl sites for hydroxylation is 2. The predicted molar refractivity (Wildman–Crippen MR) is 100 cm³/mol. The summed E-state index contributed by atoms with van der Waals surface area (Å²) in [5, 5.41) is 0.235. The molecule has 0 amide bonds. The van der Waals surface area contributed by atoms with Crippen molar-refractivity contribution < 1.29 is 12.8 Å². The van der Waals surface area contributed by atoms with Crippen LogP contribution in [0.15, 0.2) is 45.9 Å². The monoisotopic (exact) mass is 377 g/mol. The molecule has 4 nitrogen and oxygen atoms in total. The van der Waals surface area contributed by atoms with Gasteiger partial charge in [-0.15, -0.1) is 11.8 Å². The van der Waals surface area contributed by atoms with E-state index in [2.05, 4.69) is 0 Å². The number of benzene rings is 1. The average molecular weight is 378 g/mol. The Labute approximate surface area is 153 Å². The lowest BCUT2D eigenvalue weighted by Crippen LogP contribution is -2.33. The van der Waals surface area contributed by atoms with Gasteiger partial charge in [0, 0.05) is 18.8 Å². The molecule has 1 fully saturated rings. The smallest absolute Gasteiger partial charge is 0.243 e. The standard InChI is InChI=1S/C19H23NO3S2/c21-25(22,17-8-7-15-4-1-2-5-16(15)14-17)20-10-9-19(24-13-11-20)18-6-3-12-23-18/h3,6-8,12,14,19H,1-2,4-5,9-11,13H2/t19-/m0/s1. The van der Waals surface area contributed by atoms with Crippen LogP contribution in [0.3, 0.4) is 0 Å². The van der Waals surface area contributed by atoms with Crippen molar-refractivity contribution in [2.24, 2.45) is 0 Å². The van der Waals surface area contributed by atoms with E-state index in [4.69, 9.17) is 4.42 Å². The van der Waals surface area contributed by atoms with Crippen molar-refractivity contribution in [3.8, 4) is 0 Å². The summed E-state index contributed by atoms with van der Waals surface area (Å²) in [6.45, 7) is 1.10. The number of rotatable bonds is 3. The highest BCUT2D eigenvalue weighted by molar-refractivity contribution is 7.99. The minimum atomic E-state index is -3.42. The van der Waals surface area contributed by atoms with Crippen LogP contribution in [-0.2, 0) is 22.9 Å². The van der Waals surface area contributed by atoms with Gasteiger partial charge in [-0.2, -0.15) is 4.31 Å². The van der Waals surface area contributed by atoms with Crippen LogP contribution in [-0.4, -0.2) is 31.6 Å². The maximum atomic E-state index is 13.1. The quantitative estimate of drug-likeness (QED) is 0.810. The average Bonchev–Trinajstić information content (AvgIpc) is 3.05. The molecule has 0 spiro atoms. The molecule has 2 aliphatic rings. The van der Waals surface area contributed by atoms with Gasteiger partial charge in [0.05, 0.1) is 16.4 Å². The van der Waals surface area contributed by atoms with E-state index in [-0.39, 0.29) is 5.25 Å². The Morgan fingerprint density at radius 3 is 2.72 bits per heavy atom. The number of furan rings is 1. The fourth-order valence-electron chi connectivity index (χ4n) is 3.71. The van der Waals surface area contributed by atoms with Crippen LogP contribution >= 0.6 is 11.8 Å². The zero-order valence-corrected chi connectivity index (χ0v) is 15.8. The second-order valence-corrected chi connectivity index (χ2v) is 9.95. The zero-order chi connectivity index (χ0) is 17.3. The highest BCUT2D eigenvalue weighted by Crippen LogP contribution is 2.36. The Kier molecular flexibility index (Phi) is 4.93. The summed E-state index contributed by atoms with van der Waals surface area (Å²) in [6.07, 6.45) is 6.89. The molecule has 0 bridgehead atoms. The topological polar surface area (TPSA) is 50.5 Å². The first-order valence-electron chi connectivity index (χ1n) is 8.91. The van der Waals surface area contributed by atoms with Crippen molar-refractivity contribution in [1.29, 1.82) is 0 Å². The Morgan fingerprint density at radius 2 is 1.92 bits per heavy atom. The molecule has 25 heavy (non-hydrogen) atoms. The Balaban J connectivity index is 1.54. The minimum absolute atomic E-state index is 0.235. The van der Waals surface area contributed by atoms with E-state index in [0.717, 1.165) is 37.2 Å². The van der Waals surface area contributed by atoms with Gasteiger partial charge in [-0.1, -0.05) is 6.07 Å². The first-order chi connectivity index (χ1) is 12.1. The van der Waals surface area contributed by atoms with Crippen LogP contribution < -0.4 is 0 Å². The van der Waals surface area contributed by atoms with Crippen molar-refractivity contribution in [3.63, 3.8) is 0 Å². The SMILES string of the molecule is O=S(=O)(c1ccc2c(c1)CCCC2)N1CCS[C@H](c2ccco2)CC1. The van der Waals surface area contributed by atoms with Crippen LogP contribution in [0.4, 0.5) is 0 Å². The van der Waals surface area contributed by atoms with E-state index < -0.39 is 10.0 Å². The number of sulfonamides is 1. The number of hydrogen-bond acceptors (Lipinski definition) is 4. The first kappa shape index (κ1) is 17.2. The zero-order valence-electron chi connectivity index (χ0n) is 14.2. The molecule has 1 atom stereocenters. The van der Waals surface area contributed by atoms with Gasteiger partial charge in [-0.25, -0.2) is 8.42 Å². The molecule has 1 aliphatic carbocycles. The van der Waals surface area contributed by atoms with Gasteiger partial charge >= 0.3 is 0 Å². The van der Waals surface area contributed by atoms with E-state index in [9.17, 15) is 8.42 Å². The van der Waals surface area contributed by atoms with Crippen LogP contribution in [0.5, 0.6) is 0 Å². The lowest BCUT2D eigenvalue weighted by molar-refractivity contribution is 0.417. The molecule has 1 saturated heterocycles. The number of thioether (sulfide) groups is 1. The summed E-state index contributed by atoms with van der Waals surface area (Å²) >= 11 is 1.78. The maximum Gasteiger partial charge on any atom is 0.243 e. The summed E-state index contributed by atoms with van der Waals surface area (Å²) in [5.41, 5.74) is 2.53. The molecule has 0 saturated carbocycles. The van der Waals surface area contributed by atoms with Crippen LogP contribution in [0.1, 0.15) is 41.4 Å². The molecule has 1 aromatic heterocycles.